The molecule has 0 radical (unpaired) electrons. The normalized spacial score (nSPS) is 17.6. The van der Waals surface area contributed by atoms with Gasteiger partial charge >= 0.3 is 0 Å². The van der Waals surface area contributed by atoms with Gasteiger partial charge in [-0.15, -0.1) is 0 Å². The van der Waals surface area contributed by atoms with Gasteiger partial charge in [-0.3, -0.25) is 19.2 Å². The second-order valence-electron chi connectivity index (χ2n) is 7.33. The van der Waals surface area contributed by atoms with Gasteiger partial charge in [0.2, 0.25) is 5.95 Å². The van der Waals surface area contributed by atoms with E-state index in [2.05, 4.69) is 46.0 Å². The number of piperazine rings is 1. The van der Waals surface area contributed by atoms with Crippen molar-refractivity contribution in [3.63, 3.8) is 0 Å². The summed E-state index contributed by atoms with van der Waals surface area (Å²) in [4.78, 5) is 26.1. The predicted molar refractivity (Wildman–Crippen MR) is 111 cm³/mol. The van der Waals surface area contributed by atoms with E-state index >= 15 is 0 Å². The van der Waals surface area contributed by atoms with Crippen LogP contribution in [0.1, 0.15) is 12.5 Å². The standard InChI is InChI=1S/C22H25N5O/c1-17-15-27(13-12-26(17)16-18-6-4-3-5-7-18)22-24-20(14-21(28)25(22)2)19-8-10-23-11-9-19/h3-11,14,17H,12-13,15-16H2,1-2H3/t17-/m1/s1. The van der Waals surface area contributed by atoms with Crippen molar-refractivity contribution >= 4 is 5.95 Å². The zero-order valence-electron chi connectivity index (χ0n) is 16.3. The molecule has 3 heterocycles. The largest absolute Gasteiger partial charge is 0.339 e. The first-order valence-corrected chi connectivity index (χ1v) is 9.63. The van der Waals surface area contributed by atoms with Gasteiger partial charge in [0, 0.05) is 63.3 Å². The molecule has 1 aromatic carbocycles. The smallest absolute Gasteiger partial charge is 0.255 e. The lowest BCUT2D eigenvalue weighted by molar-refractivity contribution is 0.179. The molecule has 6 heteroatoms. The molecular weight excluding hydrogens is 350 g/mol. The van der Waals surface area contributed by atoms with Crippen molar-refractivity contribution in [1.82, 2.24) is 19.4 Å². The molecule has 1 saturated heterocycles. The number of pyridine rings is 1. The molecule has 0 aliphatic carbocycles. The monoisotopic (exact) mass is 375 g/mol. The van der Waals surface area contributed by atoms with Crippen molar-refractivity contribution in [2.45, 2.75) is 19.5 Å². The van der Waals surface area contributed by atoms with Crippen molar-refractivity contribution in [3.8, 4) is 11.3 Å². The van der Waals surface area contributed by atoms with E-state index in [9.17, 15) is 4.79 Å². The van der Waals surface area contributed by atoms with Gasteiger partial charge in [0.1, 0.15) is 0 Å². The SMILES string of the molecule is C[C@@H]1CN(c2nc(-c3ccncc3)cc(=O)n2C)CCN1Cc1ccccc1. The lowest BCUT2D eigenvalue weighted by Crippen LogP contribution is -2.52. The third kappa shape index (κ3) is 3.82. The fraction of sp³-hybridized carbons (Fsp3) is 0.318. The Balaban J connectivity index is 1.55. The van der Waals surface area contributed by atoms with E-state index in [1.54, 1.807) is 30.1 Å². The number of aromatic nitrogens is 3. The molecule has 1 aliphatic rings. The lowest BCUT2D eigenvalue weighted by Gasteiger charge is -2.40. The number of nitrogens with zero attached hydrogens (tertiary/aromatic N) is 5. The van der Waals surface area contributed by atoms with Crippen LogP contribution in [0, 0.1) is 0 Å². The third-order valence-electron chi connectivity index (χ3n) is 5.36. The summed E-state index contributed by atoms with van der Waals surface area (Å²) in [6, 6.07) is 16.3. The van der Waals surface area contributed by atoms with Gasteiger partial charge in [0.25, 0.3) is 5.56 Å². The number of anilines is 1. The molecule has 1 fully saturated rings. The van der Waals surface area contributed by atoms with E-state index in [-0.39, 0.29) is 5.56 Å². The van der Waals surface area contributed by atoms with Crippen LogP contribution in [0.25, 0.3) is 11.3 Å². The Morgan fingerprint density at radius 2 is 1.82 bits per heavy atom. The molecule has 28 heavy (non-hydrogen) atoms. The van der Waals surface area contributed by atoms with Gasteiger partial charge in [0.05, 0.1) is 5.69 Å². The summed E-state index contributed by atoms with van der Waals surface area (Å²) in [5, 5.41) is 0. The zero-order chi connectivity index (χ0) is 19.5. The number of benzene rings is 1. The summed E-state index contributed by atoms with van der Waals surface area (Å²) < 4.78 is 1.64. The first kappa shape index (κ1) is 18.4. The van der Waals surface area contributed by atoms with Gasteiger partial charge < -0.3 is 4.90 Å². The average Bonchev–Trinajstić information content (AvgIpc) is 2.73. The summed E-state index contributed by atoms with van der Waals surface area (Å²) in [6.45, 7) is 5.80. The van der Waals surface area contributed by atoms with Gasteiger partial charge in [-0.25, -0.2) is 4.98 Å². The highest BCUT2D eigenvalue weighted by Gasteiger charge is 2.26. The van der Waals surface area contributed by atoms with Crippen LogP contribution in [-0.2, 0) is 13.6 Å². The molecule has 144 valence electrons. The van der Waals surface area contributed by atoms with Crippen LogP contribution < -0.4 is 10.5 Å². The molecule has 0 spiro atoms. The Morgan fingerprint density at radius 3 is 2.54 bits per heavy atom. The van der Waals surface area contributed by atoms with Crippen LogP contribution in [0.15, 0.2) is 65.7 Å². The minimum atomic E-state index is -0.0452. The first-order chi connectivity index (χ1) is 13.6. The Bertz CT molecular complexity index is 987. The summed E-state index contributed by atoms with van der Waals surface area (Å²) in [5.74, 6) is 0.727. The van der Waals surface area contributed by atoms with E-state index in [1.165, 1.54) is 5.56 Å². The van der Waals surface area contributed by atoms with E-state index in [0.29, 0.717) is 11.7 Å². The van der Waals surface area contributed by atoms with Gasteiger partial charge in [-0.05, 0) is 24.6 Å². The highest BCUT2D eigenvalue weighted by Crippen LogP contribution is 2.21. The summed E-state index contributed by atoms with van der Waals surface area (Å²) in [5.41, 5.74) is 2.88. The van der Waals surface area contributed by atoms with E-state index in [4.69, 9.17) is 4.98 Å². The van der Waals surface area contributed by atoms with Crippen LogP contribution in [-0.4, -0.2) is 45.1 Å². The molecule has 0 amide bonds. The maximum absolute atomic E-state index is 12.5. The molecule has 3 aromatic rings. The van der Waals surface area contributed by atoms with Gasteiger partial charge in [0.15, 0.2) is 0 Å². The number of hydrogen-bond donors (Lipinski definition) is 0. The van der Waals surface area contributed by atoms with Crippen molar-refractivity contribution in [3.05, 3.63) is 76.8 Å². The van der Waals surface area contributed by atoms with Crippen LogP contribution >= 0.6 is 0 Å². The van der Waals surface area contributed by atoms with Crippen molar-refractivity contribution in [2.75, 3.05) is 24.5 Å². The van der Waals surface area contributed by atoms with Gasteiger partial charge in [-0.1, -0.05) is 30.3 Å². The molecule has 0 bridgehead atoms. The van der Waals surface area contributed by atoms with Gasteiger partial charge in [-0.2, -0.15) is 0 Å². The maximum Gasteiger partial charge on any atom is 0.255 e. The van der Waals surface area contributed by atoms with Crippen molar-refractivity contribution in [2.24, 2.45) is 7.05 Å². The zero-order valence-corrected chi connectivity index (χ0v) is 16.3. The molecule has 1 atom stereocenters. The second kappa shape index (κ2) is 7.94. The molecule has 1 aliphatic heterocycles. The number of hydrogen-bond acceptors (Lipinski definition) is 5. The average molecular weight is 375 g/mol. The number of rotatable bonds is 4. The maximum atomic E-state index is 12.5. The molecule has 6 nitrogen and oxygen atoms in total. The molecular formula is C22H25N5O. The quantitative estimate of drug-likeness (QED) is 0.701. The molecule has 4 rings (SSSR count). The summed E-state index contributed by atoms with van der Waals surface area (Å²) in [7, 11) is 1.79. The van der Waals surface area contributed by atoms with E-state index in [0.717, 1.165) is 37.7 Å². The molecule has 0 N–H and O–H groups in total. The Labute approximate surface area is 165 Å². The van der Waals surface area contributed by atoms with Crippen LogP contribution in [0.5, 0.6) is 0 Å². The predicted octanol–water partition coefficient (Wildman–Crippen LogP) is 2.55. The fourth-order valence-corrected chi connectivity index (χ4v) is 3.71. The Hall–Kier alpha value is -2.99. The Kier molecular flexibility index (Phi) is 5.21. The summed E-state index contributed by atoms with van der Waals surface area (Å²) >= 11 is 0. The minimum absolute atomic E-state index is 0.0452. The van der Waals surface area contributed by atoms with Crippen LogP contribution in [0.4, 0.5) is 5.95 Å². The third-order valence-corrected chi connectivity index (χ3v) is 5.36. The highest BCUT2D eigenvalue weighted by molar-refractivity contribution is 5.59. The van der Waals surface area contributed by atoms with Crippen molar-refractivity contribution in [1.29, 1.82) is 0 Å². The Morgan fingerprint density at radius 1 is 1.07 bits per heavy atom. The fourth-order valence-electron chi connectivity index (χ4n) is 3.71. The van der Waals surface area contributed by atoms with E-state index in [1.807, 2.05) is 18.2 Å². The van der Waals surface area contributed by atoms with Crippen LogP contribution in [0.2, 0.25) is 0 Å². The highest BCUT2D eigenvalue weighted by atomic mass is 16.1. The topological polar surface area (TPSA) is 54.3 Å². The summed E-state index contributed by atoms with van der Waals surface area (Å²) in [6.07, 6.45) is 3.44. The van der Waals surface area contributed by atoms with E-state index < -0.39 is 0 Å². The molecule has 0 saturated carbocycles. The van der Waals surface area contributed by atoms with Crippen LogP contribution in [0.3, 0.4) is 0 Å². The second-order valence-corrected chi connectivity index (χ2v) is 7.33. The lowest BCUT2D eigenvalue weighted by atomic mass is 10.1. The minimum Gasteiger partial charge on any atom is -0.339 e. The van der Waals surface area contributed by atoms with Crippen molar-refractivity contribution < 1.29 is 0 Å². The first-order valence-electron chi connectivity index (χ1n) is 9.63. The molecule has 2 aromatic heterocycles. The molecule has 0 unspecified atom stereocenters.